The molecule has 2 aromatic rings. The zero-order valence-corrected chi connectivity index (χ0v) is 17.1. The van der Waals surface area contributed by atoms with Crippen LogP contribution in [0.25, 0.3) is 11.1 Å². The molecule has 0 spiro atoms. The number of nitrogens with zero attached hydrogens (tertiary/aromatic N) is 2. The highest BCUT2D eigenvalue weighted by Crippen LogP contribution is 2.30. The molecule has 28 heavy (non-hydrogen) atoms. The maximum atomic E-state index is 9.68. The minimum atomic E-state index is 0.473. The Morgan fingerprint density at radius 2 is 1.43 bits per heavy atom. The van der Waals surface area contributed by atoms with E-state index >= 15 is 0 Å². The van der Waals surface area contributed by atoms with Gasteiger partial charge < -0.3 is 4.74 Å². The predicted molar refractivity (Wildman–Crippen MR) is 114 cm³/mol. The van der Waals surface area contributed by atoms with Crippen LogP contribution in [0.15, 0.2) is 36.4 Å². The standard InChI is InChI=1S/C25H30N2O/c1-3-5-7-8-9-17-28-22-14-11-21(12-15-22)23-16-13-20(10-6-4-2)24(18-26)25(23)19-27/h11-16H,3-10,17H2,1-2H3. The average Bonchev–Trinajstić information content (AvgIpc) is 2.74. The van der Waals surface area contributed by atoms with Crippen LogP contribution in [-0.2, 0) is 6.42 Å². The van der Waals surface area contributed by atoms with Crippen LogP contribution in [0.1, 0.15) is 75.5 Å². The zero-order chi connectivity index (χ0) is 20.2. The highest BCUT2D eigenvalue weighted by atomic mass is 16.5. The van der Waals surface area contributed by atoms with E-state index in [4.69, 9.17) is 4.74 Å². The summed E-state index contributed by atoms with van der Waals surface area (Å²) in [5.74, 6) is 0.845. The molecule has 0 saturated heterocycles. The Morgan fingerprint density at radius 1 is 0.750 bits per heavy atom. The van der Waals surface area contributed by atoms with Gasteiger partial charge in [0.15, 0.2) is 0 Å². The van der Waals surface area contributed by atoms with Crippen LogP contribution >= 0.6 is 0 Å². The molecule has 0 aromatic heterocycles. The smallest absolute Gasteiger partial charge is 0.119 e. The molecule has 146 valence electrons. The summed E-state index contributed by atoms with van der Waals surface area (Å²) in [6, 6.07) is 16.3. The van der Waals surface area contributed by atoms with Crippen LogP contribution in [0, 0.1) is 22.7 Å². The van der Waals surface area contributed by atoms with Crippen molar-refractivity contribution in [2.24, 2.45) is 0 Å². The lowest BCUT2D eigenvalue weighted by Gasteiger charge is -2.11. The summed E-state index contributed by atoms with van der Waals surface area (Å²) in [7, 11) is 0. The minimum absolute atomic E-state index is 0.473. The first kappa shape index (κ1) is 21.5. The van der Waals surface area contributed by atoms with Crippen LogP contribution < -0.4 is 4.74 Å². The summed E-state index contributed by atoms with van der Waals surface area (Å²) in [6.07, 6.45) is 9.00. The monoisotopic (exact) mass is 374 g/mol. The zero-order valence-electron chi connectivity index (χ0n) is 17.1. The van der Waals surface area contributed by atoms with Gasteiger partial charge in [-0.05, 0) is 42.5 Å². The lowest BCUT2D eigenvalue weighted by Crippen LogP contribution is -1.98. The van der Waals surface area contributed by atoms with Gasteiger partial charge in [-0.15, -0.1) is 0 Å². The first-order valence-corrected chi connectivity index (χ1v) is 10.4. The Hall–Kier alpha value is -2.78. The Morgan fingerprint density at radius 3 is 2.07 bits per heavy atom. The quantitative estimate of drug-likeness (QED) is 0.407. The van der Waals surface area contributed by atoms with Crippen LogP contribution in [0.5, 0.6) is 5.75 Å². The number of ether oxygens (including phenoxy) is 1. The normalized spacial score (nSPS) is 10.3. The molecule has 3 heteroatoms. The molecule has 0 fully saturated rings. The fourth-order valence-electron chi connectivity index (χ4n) is 3.33. The molecule has 0 aliphatic rings. The molecule has 3 nitrogen and oxygen atoms in total. The Labute approximate surface area is 169 Å². The largest absolute Gasteiger partial charge is 0.494 e. The van der Waals surface area contributed by atoms with Crippen LogP contribution in [0.3, 0.4) is 0 Å². The van der Waals surface area contributed by atoms with Gasteiger partial charge in [-0.1, -0.05) is 70.2 Å². The maximum Gasteiger partial charge on any atom is 0.119 e. The number of rotatable bonds is 11. The van der Waals surface area contributed by atoms with Crippen LogP contribution in [-0.4, -0.2) is 6.61 Å². The highest BCUT2D eigenvalue weighted by Gasteiger charge is 2.14. The maximum absolute atomic E-state index is 9.68. The second-order valence-electron chi connectivity index (χ2n) is 7.14. The number of unbranched alkanes of at least 4 members (excludes halogenated alkanes) is 5. The first-order valence-electron chi connectivity index (χ1n) is 10.4. The minimum Gasteiger partial charge on any atom is -0.494 e. The topological polar surface area (TPSA) is 56.8 Å². The number of hydrogen-bond acceptors (Lipinski definition) is 3. The number of aryl methyl sites for hydroxylation is 1. The van der Waals surface area contributed by atoms with E-state index in [0.29, 0.717) is 11.1 Å². The molecule has 0 aliphatic heterocycles. The van der Waals surface area contributed by atoms with Gasteiger partial charge in [0, 0.05) is 5.56 Å². The molecular formula is C25H30N2O. The van der Waals surface area contributed by atoms with Gasteiger partial charge in [0.1, 0.15) is 17.9 Å². The van der Waals surface area contributed by atoms with Gasteiger partial charge in [-0.3, -0.25) is 0 Å². The fourth-order valence-corrected chi connectivity index (χ4v) is 3.33. The van der Waals surface area contributed by atoms with Gasteiger partial charge in [-0.2, -0.15) is 10.5 Å². The van der Waals surface area contributed by atoms with Gasteiger partial charge in [-0.25, -0.2) is 0 Å². The van der Waals surface area contributed by atoms with E-state index in [9.17, 15) is 10.5 Å². The van der Waals surface area contributed by atoms with Crippen molar-refractivity contribution in [1.82, 2.24) is 0 Å². The van der Waals surface area contributed by atoms with E-state index in [1.54, 1.807) is 0 Å². The van der Waals surface area contributed by atoms with E-state index in [2.05, 4.69) is 26.0 Å². The molecule has 0 amide bonds. The second-order valence-corrected chi connectivity index (χ2v) is 7.14. The molecule has 0 N–H and O–H groups in total. The van der Waals surface area contributed by atoms with Crippen molar-refractivity contribution in [3.05, 3.63) is 53.1 Å². The van der Waals surface area contributed by atoms with E-state index in [-0.39, 0.29) is 0 Å². The molecular weight excluding hydrogens is 344 g/mol. The summed E-state index contributed by atoms with van der Waals surface area (Å²) in [4.78, 5) is 0. The van der Waals surface area contributed by atoms with Crippen LogP contribution in [0.2, 0.25) is 0 Å². The van der Waals surface area contributed by atoms with E-state index < -0.39 is 0 Å². The summed E-state index contributed by atoms with van der Waals surface area (Å²) in [6.45, 7) is 5.08. The average molecular weight is 375 g/mol. The first-order chi connectivity index (χ1) is 13.7. The van der Waals surface area contributed by atoms with Gasteiger partial charge in [0.2, 0.25) is 0 Å². The highest BCUT2D eigenvalue weighted by molar-refractivity contribution is 5.75. The van der Waals surface area contributed by atoms with Gasteiger partial charge >= 0.3 is 0 Å². The molecule has 2 rings (SSSR count). The van der Waals surface area contributed by atoms with E-state index in [1.165, 1.54) is 25.7 Å². The molecule has 0 aliphatic carbocycles. The number of hydrogen-bond donors (Lipinski definition) is 0. The summed E-state index contributed by atoms with van der Waals surface area (Å²) in [5.41, 5.74) is 3.70. The van der Waals surface area contributed by atoms with Gasteiger partial charge in [0.25, 0.3) is 0 Å². The molecule has 0 radical (unpaired) electrons. The van der Waals surface area contributed by atoms with Crippen molar-refractivity contribution in [2.45, 2.75) is 65.2 Å². The summed E-state index contributed by atoms with van der Waals surface area (Å²) >= 11 is 0. The predicted octanol–water partition coefficient (Wildman–Crippen LogP) is 6.79. The molecule has 2 aromatic carbocycles. The Bertz CT molecular complexity index is 825. The third-order valence-electron chi connectivity index (χ3n) is 5.00. The molecule has 0 bridgehead atoms. The van der Waals surface area contributed by atoms with Crippen molar-refractivity contribution < 1.29 is 4.74 Å². The third-order valence-corrected chi connectivity index (χ3v) is 5.00. The molecule has 0 atom stereocenters. The second kappa shape index (κ2) is 11.8. The third kappa shape index (κ3) is 5.86. The summed E-state index contributed by atoms with van der Waals surface area (Å²) < 4.78 is 5.82. The molecule has 0 saturated carbocycles. The number of benzene rings is 2. The van der Waals surface area contributed by atoms with Crippen molar-refractivity contribution in [2.75, 3.05) is 6.61 Å². The van der Waals surface area contributed by atoms with Crippen molar-refractivity contribution in [3.8, 4) is 29.0 Å². The van der Waals surface area contributed by atoms with Gasteiger partial charge in [0.05, 0.1) is 17.7 Å². The number of nitriles is 2. The molecule has 0 unspecified atom stereocenters. The van der Waals surface area contributed by atoms with Crippen molar-refractivity contribution in [3.63, 3.8) is 0 Å². The molecule has 0 heterocycles. The Kier molecular flexibility index (Phi) is 9.09. The van der Waals surface area contributed by atoms with Crippen molar-refractivity contribution >= 4 is 0 Å². The lowest BCUT2D eigenvalue weighted by atomic mass is 9.91. The Balaban J connectivity index is 2.11. The van der Waals surface area contributed by atoms with Crippen molar-refractivity contribution in [1.29, 1.82) is 10.5 Å². The van der Waals surface area contributed by atoms with E-state index in [1.807, 2.05) is 36.4 Å². The SMILES string of the molecule is CCCCCCCOc1ccc(-c2ccc(CCCC)c(C#N)c2C#N)cc1. The van der Waals surface area contributed by atoms with E-state index in [0.717, 1.165) is 54.7 Å². The lowest BCUT2D eigenvalue weighted by molar-refractivity contribution is 0.304. The van der Waals surface area contributed by atoms with Crippen LogP contribution in [0.4, 0.5) is 0 Å². The fraction of sp³-hybridized carbons (Fsp3) is 0.440. The summed E-state index contributed by atoms with van der Waals surface area (Å²) in [5, 5.41) is 19.3.